The van der Waals surface area contributed by atoms with Gasteiger partial charge in [0.2, 0.25) is 0 Å². The van der Waals surface area contributed by atoms with Gasteiger partial charge in [-0.1, -0.05) is 31.2 Å². The number of nitrogens with zero attached hydrogens (tertiary/aromatic N) is 2. The van der Waals surface area contributed by atoms with Crippen molar-refractivity contribution >= 4 is 10.8 Å². The number of pyridine rings is 1. The van der Waals surface area contributed by atoms with E-state index in [2.05, 4.69) is 53.2 Å². The zero-order valence-corrected chi connectivity index (χ0v) is 21.1. The summed E-state index contributed by atoms with van der Waals surface area (Å²) in [5.74, 6) is 1.22. The maximum atomic E-state index is 7.53. The number of rotatable bonds is 2. The Labute approximate surface area is 209 Å². The van der Waals surface area contributed by atoms with E-state index in [1.54, 1.807) is 11.1 Å². The molecule has 8 rings (SSSR count). The number of aromatic nitrogens is 1. The minimum Gasteiger partial charge on any atom is -0.359 e. The predicted molar refractivity (Wildman–Crippen MR) is 140 cm³/mol. The zero-order valence-electron chi connectivity index (χ0n) is 21.1. The Bertz CT molecular complexity index is 1260. The highest BCUT2D eigenvalue weighted by Crippen LogP contribution is 2.69. The lowest BCUT2D eigenvalue weighted by molar-refractivity contribution is -0.140. The lowest BCUT2D eigenvalue weighted by Crippen LogP contribution is -2.55. The van der Waals surface area contributed by atoms with Gasteiger partial charge in [-0.15, -0.1) is 0 Å². The molecule has 35 heavy (non-hydrogen) atoms. The van der Waals surface area contributed by atoms with Crippen molar-refractivity contribution in [2.45, 2.75) is 94.3 Å². The van der Waals surface area contributed by atoms with Crippen molar-refractivity contribution in [1.29, 1.82) is 0 Å². The van der Waals surface area contributed by atoms with Gasteiger partial charge in [0.1, 0.15) is 0 Å². The van der Waals surface area contributed by atoms with E-state index in [0.717, 1.165) is 6.04 Å². The van der Waals surface area contributed by atoms with Crippen LogP contribution in [0.15, 0.2) is 60.0 Å². The molecule has 0 radical (unpaired) electrons. The normalized spacial score (nSPS) is 42.4. The highest BCUT2D eigenvalue weighted by atomic mass is 16.5. The summed E-state index contributed by atoms with van der Waals surface area (Å²) in [4.78, 5) is 7.18. The van der Waals surface area contributed by atoms with Crippen LogP contribution in [0.2, 0.25) is 0 Å². The Hall–Kier alpha value is -1.97. The van der Waals surface area contributed by atoms with Crippen molar-refractivity contribution in [2.24, 2.45) is 11.3 Å². The van der Waals surface area contributed by atoms with E-state index in [1.165, 1.54) is 93.6 Å². The molecule has 6 atom stereocenters. The van der Waals surface area contributed by atoms with Gasteiger partial charge in [-0.3, -0.25) is 4.98 Å². The second kappa shape index (κ2) is 7.29. The number of ether oxygens (including phenoxy) is 1. The molecule has 3 heteroatoms. The summed E-state index contributed by atoms with van der Waals surface area (Å²) in [6.45, 7) is 5.20. The Morgan fingerprint density at radius 2 is 1.94 bits per heavy atom. The average Bonchev–Trinajstić information content (AvgIpc) is 3.60. The molecule has 2 saturated carbocycles. The maximum absolute atomic E-state index is 7.53. The maximum Gasteiger partial charge on any atom is 0.0974 e. The van der Waals surface area contributed by atoms with Crippen LogP contribution in [0.4, 0.5) is 0 Å². The van der Waals surface area contributed by atoms with Crippen LogP contribution in [0.3, 0.4) is 0 Å². The third kappa shape index (κ3) is 2.83. The molecule has 6 aliphatic rings. The minimum absolute atomic E-state index is 0.0216. The van der Waals surface area contributed by atoms with Crippen molar-refractivity contribution in [1.82, 2.24) is 9.88 Å². The standard InChI is InChI=1S/C32H38N2O/c1-30-12-10-26-19-25-6-7-27(34-16-2-3-17-34)20-31(25)13-14-32(26,35-31)29(30)9-8-28(30)23-5-4-22-11-15-33-21-24(22)18-23/h4-5,10-11,15,18-19,21,27-29H,2-3,6-9,12-14,16-17,20H2,1H3/t27-,28?,29+,30+,31?,32+/m0/s1. The van der Waals surface area contributed by atoms with Crippen LogP contribution < -0.4 is 0 Å². The molecule has 4 heterocycles. The molecule has 2 saturated heterocycles. The van der Waals surface area contributed by atoms with Crippen molar-refractivity contribution in [3.8, 4) is 0 Å². The fourth-order valence-electron chi connectivity index (χ4n) is 9.67. The van der Waals surface area contributed by atoms with Crippen molar-refractivity contribution in [2.75, 3.05) is 13.1 Å². The minimum atomic E-state index is -0.0451. The van der Waals surface area contributed by atoms with E-state index in [9.17, 15) is 0 Å². The zero-order chi connectivity index (χ0) is 23.3. The summed E-state index contributed by atoms with van der Waals surface area (Å²) in [6.07, 6.45) is 22.0. The second-order valence-corrected chi connectivity index (χ2v) is 12.8. The van der Waals surface area contributed by atoms with Crippen LogP contribution in [-0.4, -0.2) is 40.2 Å². The van der Waals surface area contributed by atoms with Gasteiger partial charge in [-0.2, -0.15) is 0 Å². The molecule has 1 aromatic carbocycles. The molecule has 0 N–H and O–H groups in total. The molecule has 3 aliphatic carbocycles. The van der Waals surface area contributed by atoms with E-state index >= 15 is 0 Å². The molecular formula is C32H38N2O. The first-order chi connectivity index (χ1) is 17.1. The third-order valence-corrected chi connectivity index (χ3v) is 11.4. The van der Waals surface area contributed by atoms with Gasteiger partial charge >= 0.3 is 0 Å². The monoisotopic (exact) mass is 466 g/mol. The van der Waals surface area contributed by atoms with E-state index in [4.69, 9.17) is 4.74 Å². The summed E-state index contributed by atoms with van der Waals surface area (Å²) in [5.41, 5.74) is 4.93. The Kier molecular flexibility index (Phi) is 4.41. The van der Waals surface area contributed by atoms with Crippen LogP contribution in [-0.2, 0) is 4.74 Å². The number of hydrogen-bond acceptors (Lipinski definition) is 3. The molecule has 4 fully saturated rings. The van der Waals surface area contributed by atoms with Gasteiger partial charge in [0.25, 0.3) is 0 Å². The second-order valence-electron chi connectivity index (χ2n) is 12.8. The van der Waals surface area contributed by atoms with Gasteiger partial charge < -0.3 is 9.64 Å². The Morgan fingerprint density at radius 1 is 1.03 bits per heavy atom. The number of allylic oxidation sites excluding steroid dienone is 1. The number of fused-ring (bicyclic) bond motifs is 2. The first kappa shape index (κ1) is 21.1. The first-order valence-corrected chi connectivity index (χ1v) is 14.3. The van der Waals surface area contributed by atoms with Crippen LogP contribution in [0.1, 0.15) is 82.6 Å². The summed E-state index contributed by atoms with van der Waals surface area (Å²) in [6, 6.07) is 9.99. The summed E-state index contributed by atoms with van der Waals surface area (Å²) in [7, 11) is 0. The molecule has 0 amide bonds. The number of benzene rings is 1. The molecule has 2 bridgehead atoms. The SMILES string of the molecule is C[C@]12CC=C3C=C4CC[C@H](N5CCCC5)CC45CC[C@]3(O5)[C@@H]1CCC2c1ccc2ccncc2c1. The molecule has 2 unspecified atom stereocenters. The molecular weight excluding hydrogens is 428 g/mol. The van der Waals surface area contributed by atoms with Crippen LogP contribution in [0.5, 0.6) is 0 Å². The number of hydrogen-bond donors (Lipinski definition) is 0. The van der Waals surface area contributed by atoms with Crippen LogP contribution in [0.25, 0.3) is 10.8 Å². The van der Waals surface area contributed by atoms with Crippen molar-refractivity contribution in [3.05, 3.63) is 65.5 Å². The molecule has 2 spiro atoms. The van der Waals surface area contributed by atoms with E-state index in [-0.39, 0.29) is 16.6 Å². The van der Waals surface area contributed by atoms with Gasteiger partial charge in [0, 0.05) is 23.8 Å². The van der Waals surface area contributed by atoms with Crippen LogP contribution >= 0.6 is 0 Å². The fraction of sp³-hybridized carbons (Fsp3) is 0.594. The summed E-state index contributed by atoms with van der Waals surface area (Å²) in [5, 5.41) is 2.57. The first-order valence-electron chi connectivity index (χ1n) is 14.3. The summed E-state index contributed by atoms with van der Waals surface area (Å²) < 4.78 is 7.53. The van der Waals surface area contributed by atoms with E-state index < -0.39 is 0 Å². The molecule has 3 nitrogen and oxygen atoms in total. The largest absolute Gasteiger partial charge is 0.359 e. The smallest absolute Gasteiger partial charge is 0.0974 e. The fourth-order valence-corrected chi connectivity index (χ4v) is 9.67. The molecule has 1 aromatic heterocycles. The van der Waals surface area contributed by atoms with Gasteiger partial charge in [-0.25, -0.2) is 0 Å². The number of likely N-dealkylation sites (tertiary alicyclic amines) is 1. The topological polar surface area (TPSA) is 25.4 Å². The van der Waals surface area contributed by atoms with Crippen molar-refractivity contribution in [3.63, 3.8) is 0 Å². The van der Waals surface area contributed by atoms with Crippen molar-refractivity contribution < 1.29 is 4.74 Å². The van der Waals surface area contributed by atoms with Gasteiger partial charge in [-0.05, 0) is 129 Å². The summed E-state index contributed by atoms with van der Waals surface area (Å²) >= 11 is 0. The highest BCUT2D eigenvalue weighted by molar-refractivity contribution is 5.82. The lowest BCUT2D eigenvalue weighted by Gasteiger charge is -2.55. The molecule has 3 aliphatic heterocycles. The van der Waals surface area contributed by atoms with Gasteiger partial charge in [0.15, 0.2) is 0 Å². The molecule has 2 aromatic rings. The molecule has 182 valence electrons. The Balaban J connectivity index is 1.15. The van der Waals surface area contributed by atoms with Gasteiger partial charge in [0.05, 0.1) is 11.2 Å². The van der Waals surface area contributed by atoms with E-state index in [1.807, 2.05) is 12.4 Å². The third-order valence-electron chi connectivity index (χ3n) is 11.4. The quantitative estimate of drug-likeness (QED) is 0.479. The van der Waals surface area contributed by atoms with Crippen LogP contribution in [0, 0.1) is 11.3 Å². The predicted octanol–water partition coefficient (Wildman–Crippen LogP) is 6.94. The van der Waals surface area contributed by atoms with E-state index in [0.29, 0.717) is 11.8 Å². The lowest BCUT2D eigenvalue weighted by atomic mass is 9.58. The average molecular weight is 467 g/mol. The highest BCUT2D eigenvalue weighted by Gasteiger charge is 2.66. The Morgan fingerprint density at radius 3 is 2.86 bits per heavy atom.